The Kier molecular flexibility index (Phi) is 4.43. The Morgan fingerprint density at radius 3 is 2.91 bits per heavy atom. The van der Waals surface area contributed by atoms with Gasteiger partial charge in [0.15, 0.2) is 6.61 Å². The van der Waals surface area contributed by atoms with E-state index in [2.05, 4.69) is 0 Å². The fraction of sp³-hybridized carbons (Fsp3) is 0.176. The summed E-state index contributed by atoms with van der Waals surface area (Å²) in [6, 6.07) is 10.3. The molecule has 0 N–H and O–H groups in total. The van der Waals surface area contributed by atoms with Crippen LogP contribution in [-0.2, 0) is 16.1 Å². The lowest BCUT2D eigenvalue weighted by Crippen LogP contribution is -2.14. The number of hydrogen-bond acceptors (Lipinski definition) is 6. The number of rotatable bonds is 5. The van der Waals surface area contributed by atoms with E-state index in [9.17, 15) is 9.59 Å². The summed E-state index contributed by atoms with van der Waals surface area (Å²) >= 11 is 1.52. The summed E-state index contributed by atoms with van der Waals surface area (Å²) in [7, 11) is 0. The number of hydrogen-bond donors (Lipinski definition) is 0. The highest BCUT2D eigenvalue weighted by Crippen LogP contribution is 2.22. The van der Waals surface area contributed by atoms with Crippen LogP contribution in [0.25, 0.3) is 11.0 Å². The molecule has 0 fully saturated rings. The lowest BCUT2D eigenvalue weighted by Gasteiger charge is -2.07. The number of thiophene rings is 1. The molecule has 1 aromatic carbocycles. The SMILES string of the molecule is Cc1cc(=O)oc2cc(OCC(=O)OCc3cccs3)ccc12. The lowest BCUT2D eigenvalue weighted by molar-refractivity contribution is -0.147. The molecule has 3 rings (SSSR count). The van der Waals surface area contributed by atoms with Gasteiger partial charge in [0.2, 0.25) is 0 Å². The highest BCUT2D eigenvalue weighted by Gasteiger charge is 2.08. The van der Waals surface area contributed by atoms with E-state index >= 15 is 0 Å². The maximum atomic E-state index is 11.7. The Bertz CT molecular complexity index is 880. The molecule has 0 saturated carbocycles. The number of carbonyl (C=O) groups is 1. The first kappa shape index (κ1) is 15.3. The van der Waals surface area contributed by atoms with Gasteiger partial charge in [-0.2, -0.15) is 0 Å². The minimum atomic E-state index is -0.454. The third kappa shape index (κ3) is 3.78. The minimum absolute atomic E-state index is 0.201. The number of carbonyl (C=O) groups excluding carboxylic acids is 1. The molecule has 0 radical (unpaired) electrons. The Labute approximate surface area is 136 Å². The van der Waals surface area contributed by atoms with Crippen LogP contribution < -0.4 is 10.4 Å². The van der Waals surface area contributed by atoms with Gasteiger partial charge in [0.05, 0.1) is 0 Å². The Morgan fingerprint density at radius 2 is 2.13 bits per heavy atom. The summed E-state index contributed by atoms with van der Waals surface area (Å²) in [5.74, 6) is -0.0106. The second kappa shape index (κ2) is 6.66. The average Bonchev–Trinajstić information content (AvgIpc) is 3.03. The van der Waals surface area contributed by atoms with Gasteiger partial charge < -0.3 is 13.9 Å². The van der Waals surface area contributed by atoms with Crippen molar-refractivity contribution in [2.24, 2.45) is 0 Å². The molecule has 0 atom stereocenters. The zero-order valence-corrected chi connectivity index (χ0v) is 13.2. The average molecular weight is 330 g/mol. The number of ether oxygens (including phenoxy) is 2. The van der Waals surface area contributed by atoms with E-state index in [1.54, 1.807) is 18.2 Å². The molecule has 2 heterocycles. The Hall–Kier alpha value is -2.60. The van der Waals surface area contributed by atoms with Crippen LogP contribution >= 0.6 is 11.3 Å². The smallest absolute Gasteiger partial charge is 0.344 e. The fourth-order valence-corrected chi connectivity index (χ4v) is 2.74. The van der Waals surface area contributed by atoms with E-state index in [1.807, 2.05) is 24.4 Å². The summed E-state index contributed by atoms with van der Waals surface area (Å²) in [6.07, 6.45) is 0. The van der Waals surface area contributed by atoms with Crippen molar-refractivity contribution < 1.29 is 18.7 Å². The first-order chi connectivity index (χ1) is 11.1. The van der Waals surface area contributed by atoms with Gasteiger partial charge in [-0.1, -0.05) is 6.07 Å². The largest absolute Gasteiger partial charge is 0.482 e. The van der Waals surface area contributed by atoms with Gasteiger partial charge in [0.1, 0.15) is 17.9 Å². The molecular weight excluding hydrogens is 316 g/mol. The number of aryl methyl sites for hydroxylation is 1. The highest BCUT2D eigenvalue weighted by molar-refractivity contribution is 7.09. The van der Waals surface area contributed by atoms with Gasteiger partial charge in [-0.3, -0.25) is 0 Å². The third-order valence-electron chi connectivity index (χ3n) is 3.24. The van der Waals surface area contributed by atoms with Crippen molar-refractivity contribution in [3.05, 3.63) is 62.6 Å². The van der Waals surface area contributed by atoms with Crippen LogP contribution in [0.2, 0.25) is 0 Å². The van der Waals surface area contributed by atoms with Crippen molar-refractivity contribution in [1.82, 2.24) is 0 Å². The van der Waals surface area contributed by atoms with E-state index in [1.165, 1.54) is 17.4 Å². The van der Waals surface area contributed by atoms with Crippen molar-refractivity contribution in [1.29, 1.82) is 0 Å². The molecule has 5 nitrogen and oxygen atoms in total. The van der Waals surface area contributed by atoms with Crippen LogP contribution in [-0.4, -0.2) is 12.6 Å². The molecule has 0 spiro atoms. The van der Waals surface area contributed by atoms with Gasteiger partial charge in [0.25, 0.3) is 0 Å². The van der Waals surface area contributed by atoms with Crippen molar-refractivity contribution in [2.75, 3.05) is 6.61 Å². The molecule has 0 amide bonds. The molecule has 0 aliphatic carbocycles. The van der Waals surface area contributed by atoms with Crippen LogP contribution in [0.5, 0.6) is 5.75 Å². The Morgan fingerprint density at radius 1 is 1.26 bits per heavy atom. The fourth-order valence-electron chi connectivity index (χ4n) is 2.13. The van der Waals surface area contributed by atoms with Crippen LogP contribution in [0.3, 0.4) is 0 Å². The molecular formula is C17H14O5S. The maximum absolute atomic E-state index is 11.7. The summed E-state index contributed by atoms with van der Waals surface area (Å²) in [5, 5.41) is 2.75. The highest BCUT2D eigenvalue weighted by atomic mass is 32.1. The molecule has 23 heavy (non-hydrogen) atoms. The molecule has 0 aliphatic rings. The molecule has 2 aromatic heterocycles. The minimum Gasteiger partial charge on any atom is -0.482 e. The van der Waals surface area contributed by atoms with Crippen molar-refractivity contribution >= 4 is 28.3 Å². The first-order valence-corrected chi connectivity index (χ1v) is 7.85. The molecule has 0 unspecified atom stereocenters. The number of benzene rings is 1. The third-order valence-corrected chi connectivity index (χ3v) is 4.08. The van der Waals surface area contributed by atoms with Gasteiger partial charge in [-0.15, -0.1) is 11.3 Å². The van der Waals surface area contributed by atoms with E-state index in [0.29, 0.717) is 11.3 Å². The molecule has 0 bridgehead atoms. The summed E-state index contributed by atoms with van der Waals surface area (Å²) in [5.41, 5.74) is 0.847. The second-order valence-electron chi connectivity index (χ2n) is 4.94. The summed E-state index contributed by atoms with van der Waals surface area (Å²) < 4.78 is 15.6. The van der Waals surface area contributed by atoms with Gasteiger partial charge >= 0.3 is 11.6 Å². The monoisotopic (exact) mass is 330 g/mol. The van der Waals surface area contributed by atoms with E-state index < -0.39 is 11.6 Å². The molecule has 3 aromatic rings. The second-order valence-corrected chi connectivity index (χ2v) is 5.97. The molecule has 0 aliphatic heterocycles. The van der Waals surface area contributed by atoms with Crippen LogP contribution in [0.4, 0.5) is 0 Å². The Balaban J connectivity index is 1.62. The lowest BCUT2D eigenvalue weighted by atomic mass is 10.1. The van der Waals surface area contributed by atoms with Crippen molar-refractivity contribution in [3.8, 4) is 5.75 Å². The van der Waals surface area contributed by atoms with Crippen LogP contribution in [0, 0.1) is 6.92 Å². The molecule has 118 valence electrons. The summed E-state index contributed by atoms with van der Waals surface area (Å²) in [4.78, 5) is 24.0. The van der Waals surface area contributed by atoms with Gasteiger partial charge in [-0.25, -0.2) is 9.59 Å². The van der Waals surface area contributed by atoms with Gasteiger partial charge in [-0.05, 0) is 36.1 Å². The van der Waals surface area contributed by atoms with Crippen LogP contribution in [0.1, 0.15) is 10.4 Å². The maximum Gasteiger partial charge on any atom is 0.344 e. The van der Waals surface area contributed by atoms with E-state index in [0.717, 1.165) is 15.8 Å². The van der Waals surface area contributed by atoms with Crippen molar-refractivity contribution in [3.63, 3.8) is 0 Å². The van der Waals surface area contributed by atoms with Crippen molar-refractivity contribution in [2.45, 2.75) is 13.5 Å². The van der Waals surface area contributed by atoms with Gasteiger partial charge in [0, 0.05) is 22.4 Å². The predicted molar refractivity (Wildman–Crippen MR) is 86.8 cm³/mol. The van der Waals surface area contributed by atoms with Crippen LogP contribution in [0.15, 0.2) is 51.0 Å². The number of fused-ring (bicyclic) bond motifs is 1. The zero-order valence-electron chi connectivity index (χ0n) is 12.4. The number of esters is 1. The predicted octanol–water partition coefficient (Wildman–Crippen LogP) is 3.29. The van der Waals surface area contributed by atoms with E-state index in [4.69, 9.17) is 13.9 Å². The summed E-state index contributed by atoms with van der Waals surface area (Å²) in [6.45, 7) is 1.88. The standard InChI is InChI=1S/C17H14O5S/c1-11-7-16(18)22-15-8-12(4-5-14(11)15)20-10-17(19)21-9-13-3-2-6-23-13/h2-8H,9-10H2,1H3. The normalized spacial score (nSPS) is 10.7. The first-order valence-electron chi connectivity index (χ1n) is 6.97. The quantitative estimate of drug-likeness (QED) is 0.530. The molecule has 6 heteroatoms. The zero-order chi connectivity index (χ0) is 16.2. The van der Waals surface area contributed by atoms with E-state index in [-0.39, 0.29) is 13.2 Å². The topological polar surface area (TPSA) is 65.7 Å². The molecule has 0 saturated heterocycles.